The third-order valence-electron chi connectivity index (χ3n) is 3.58. The van der Waals surface area contributed by atoms with Gasteiger partial charge in [-0.2, -0.15) is 13.2 Å². The van der Waals surface area contributed by atoms with Crippen molar-refractivity contribution in [3.63, 3.8) is 0 Å². The zero-order valence-corrected chi connectivity index (χ0v) is 12.0. The highest BCUT2D eigenvalue weighted by Gasteiger charge is 2.43. The predicted molar refractivity (Wildman–Crippen MR) is 70.3 cm³/mol. The Bertz CT molecular complexity index is 287. The molecule has 0 saturated heterocycles. The SMILES string of the molecule is CNC(C)CNC(=O)C1CCCC(C(F)(F)F)C1.Cl. The highest BCUT2D eigenvalue weighted by Crippen LogP contribution is 2.39. The fourth-order valence-corrected chi connectivity index (χ4v) is 2.23. The van der Waals surface area contributed by atoms with Gasteiger partial charge in [-0.15, -0.1) is 12.4 Å². The van der Waals surface area contributed by atoms with Crippen LogP contribution < -0.4 is 10.6 Å². The van der Waals surface area contributed by atoms with E-state index < -0.39 is 18.0 Å². The maximum Gasteiger partial charge on any atom is 0.391 e. The molecule has 0 spiro atoms. The number of halogens is 4. The Morgan fingerprint density at radius 2 is 2.00 bits per heavy atom. The largest absolute Gasteiger partial charge is 0.391 e. The van der Waals surface area contributed by atoms with E-state index in [1.54, 1.807) is 7.05 Å². The molecule has 0 aliphatic heterocycles. The summed E-state index contributed by atoms with van der Waals surface area (Å²) in [4.78, 5) is 11.8. The fourth-order valence-electron chi connectivity index (χ4n) is 2.23. The number of carbonyl (C=O) groups excluding carboxylic acids is 1. The van der Waals surface area contributed by atoms with Crippen molar-refractivity contribution in [3.05, 3.63) is 0 Å². The van der Waals surface area contributed by atoms with Gasteiger partial charge in [0.1, 0.15) is 0 Å². The Kier molecular flexibility index (Phi) is 7.74. The van der Waals surface area contributed by atoms with Crippen LogP contribution in [-0.4, -0.2) is 31.7 Å². The van der Waals surface area contributed by atoms with Crippen LogP contribution in [0, 0.1) is 11.8 Å². The maximum absolute atomic E-state index is 12.6. The van der Waals surface area contributed by atoms with Crippen LogP contribution in [0.25, 0.3) is 0 Å². The first kappa shape index (κ1) is 18.5. The molecule has 3 nitrogen and oxygen atoms in total. The lowest BCUT2D eigenvalue weighted by molar-refractivity contribution is -0.186. The van der Waals surface area contributed by atoms with E-state index in [4.69, 9.17) is 0 Å². The van der Waals surface area contributed by atoms with Crippen molar-refractivity contribution in [1.82, 2.24) is 10.6 Å². The number of nitrogens with one attached hydrogen (secondary N) is 2. The Balaban J connectivity index is 0.00000324. The standard InChI is InChI=1S/C12H21F3N2O.ClH/c1-8(16-2)7-17-11(18)9-4-3-5-10(6-9)12(13,14)15;/h8-10,16H,3-7H2,1-2H3,(H,17,18);1H. The second kappa shape index (κ2) is 7.94. The molecule has 0 aromatic rings. The lowest BCUT2D eigenvalue weighted by Gasteiger charge is -2.30. The first-order valence-corrected chi connectivity index (χ1v) is 6.36. The smallest absolute Gasteiger partial charge is 0.354 e. The molecule has 0 aromatic heterocycles. The van der Waals surface area contributed by atoms with Crippen LogP contribution in [-0.2, 0) is 4.79 Å². The minimum Gasteiger partial charge on any atom is -0.354 e. The second-order valence-corrected chi connectivity index (χ2v) is 5.04. The number of hydrogen-bond acceptors (Lipinski definition) is 2. The van der Waals surface area contributed by atoms with Crippen LogP contribution in [0.5, 0.6) is 0 Å². The highest BCUT2D eigenvalue weighted by molar-refractivity contribution is 5.85. The summed E-state index contributed by atoms with van der Waals surface area (Å²) in [6.07, 6.45) is -3.04. The van der Waals surface area contributed by atoms with E-state index in [1.165, 1.54) is 0 Å². The zero-order valence-electron chi connectivity index (χ0n) is 11.2. The first-order chi connectivity index (χ1) is 8.34. The van der Waals surface area contributed by atoms with Crippen LogP contribution in [0.3, 0.4) is 0 Å². The van der Waals surface area contributed by atoms with Gasteiger partial charge in [0.25, 0.3) is 0 Å². The van der Waals surface area contributed by atoms with E-state index >= 15 is 0 Å². The van der Waals surface area contributed by atoms with Gasteiger partial charge in [-0.05, 0) is 33.2 Å². The van der Waals surface area contributed by atoms with Crippen LogP contribution in [0.4, 0.5) is 13.2 Å². The minimum absolute atomic E-state index is 0. The van der Waals surface area contributed by atoms with Gasteiger partial charge in [-0.3, -0.25) is 4.79 Å². The number of carbonyl (C=O) groups is 1. The number of hydrogen-bond donors (Lipinski definition) is 2. The average Bonchev–Trinajstić information content (AvgIpc) is 2.34. The van der Waals surface area contributed by atoms with E-state index in [9.17, 15) is 18.0 Å². The Morgan fingerprint density at radius 1 is 1.37 bits per heavy atom. The van der Waals surface area contributed by atoms with Crippen LogP contribution in [0.15, 0.2) is 0 Å². The maximum atomic E-state index is 12.6. The average molecular weight is 303 g/mol. The van der Waals surface area contributed by atoms with Gasteiger partial charge < -0.3 is 10.6 Å². The fraction of sp³-hybridized carbons (Fsp3) is 0.917. The van der Waals surface area contributed by atoms with Gasteiger partial charge in [0.15, 0.2) is 0 Å². The van der Waals surface area contributed by atoms with Gasteiger partial charge in [0.2, 0.25) is 5.91 Å². The van der Waals surface area contributed by atoms with Crippen molar-refractivity contribution in [3.8, 4) is 0 Å². The molecule has 1 aliphatic carbocycles. The molecule has 1 amide bonds. The Labute approximate surface area is 118 Å². The van der Waals surface area contributed by atoms with Gasteiger partial charge >= 0.3 is 6.18 Å². The molecule has 1 fully saturated rings. The van der Waals surface area contributed by atoms with Crippen LogP contribution in [0.1, 0.15) is 32.6 Å². The molecule has 19 heavy (non-hydrogen) atoms. The van der Waals surface area contributed by atoms with Gasteiger partial charge in [-0.1, -0.05) is 6.42 Å². The molecule has 1 rings (SSSR count). The van der Waals surface area contributed by atoms with Crippen molar-refractivity contribution >= 4 is 18.3 Å². The quantitative estimate of drug-likeness (QED) is 0.838. The summed E-state index contributed by atoms with van der Waals surface area (Å²) in [7, 11) is 1.77. The van der Waals surface area contributed by atoms with E-state index in [0.717, 1.165) is 0 Å². The van der Waals surface area contributed by atoms with Crippen molar-refractivity contribution in [2.75, 3.05) is 13.6 Å². The van der Waals surface area contributed by atoms with E-state index in [2.05, 4.69) is 10.6 Å². The number of rotatable bonds is 4. The summed E-state index contributed by atoms with van der Waals surface area (Å²) in [5.74, 6) is -2.05. The van der Waals surface area contributed by atoms with Gasteiger partial charge in [-0.25, -0.2) is 0 Å². The molecule has 114 valence electrons. The lowest BCUT2D eigenvalue weighted by Crippen LogP contribution is -2.42. The first-order valence-electron chi connectivity index (χ1n) is 6.36. The Morgan fingerprint density at radius 3 is 2.53 bits per heavy atom. The topological polar surface area (TPSA) is 41.1 Å². The molecule has 0 bridgehead atoms. The van der Waals surface area contributed by atoms with Crippen molar-refractivity contribution in [2.24, 2.45) is 11.8 Å². The van der Waals surface area contributed by atoms with Crippen molar-refractivity contribution in [2.45, 2.75) is 44.8 Å². The Hall–Kier alpha value is -0.490. The number of alkyl halides is 3. The highest BCUT2D eigenvalue weighted by atomic mass is 35.5. The molecule has 1 saturated carbocycles. The monoisotopic (exact) mass is 302 g/mol. The third-order valence-corrected chi connectivity index (χ3v) is 3.58. The zero-order chi connectivity index (χ0) is 13.8. The van der Waals surface area contributed by atoms with E-state index in [-0.39, 0.29) is 37.2 Å². The molecule has 3 unspecified atom stereocenters. The number of likely N-dealkylation sites (N-methyl/N-ethyl adjacent to an activating group) is 1. The predicted octanol–water partition coefficient (Wildman–Crippen LogP) is 2.50. The molecular formula is C12H22ClF3N2O. The van der Waals surface area contributed by atoms with E-state index in [1.807, 2.05) is 6.92 Å². The van der Waals surface area contributed by atoms with Crippen molar-refractivity contribution < 1.29 is 18.0 Å². The summed E-state index contributed by atoms with van der Waals surface area (Å²) >= 11 is 0. The van der Waals surface area contributed by atoms with Crippen LogP contribution >= 0.6 is 12.4 Å². The molecule has 7 heteroatoms. The minimum atomic E-state index is -4.17. The van der Waals surface area contributed by atoms with Gasteiger partial charge in [0, 0.05) is 18.5 Å². The second-order valence-electron chi connectivity index (χ2n) is 5.04. The molecule has 0 radical (unpaired) electrons. The summed E-state index contributed by atoms with van der Waals surface area (Å²) in [5.41, 5.74) is 0. The van der Waals surface area contributed by atoms with Crippen LogP contribution in [0.2, 0.25) is 0 Å². The summed E-state index contributed by atoms with van der Waals surface area (Å²) in [6.45, 7) is 2.35. The normalized spacial score (nSPS) is 25.3. The molecule has 0 aromatic carbocycles. The summed E-state index contributed by atoms with van der Waals surface area (Å²) in [6, 6.07) is 0.121. The lowest BCUT2D eigenvalue weighted by atomic mass is 9.80. The summed E-state index contributed by atoms with van der Waals surface area (Å²) < 4.78 is 37.8. The molecule has 1 aliphatic rings. The number of amides is 1. The third kappa shape index (κ3) is 5.99. The molecule has 3 atom stereocenters. The summed E-state index contributed by atoms with van der Waals surface area (Å²) in [5, 5.41) is 5.67. The molecule has 2 N–H and O–H groups in total. The molecule has 0 heterocycles. The van der Waals surface area contributed by atoms with Crippen molar-refractivity contribution in [1.29, 1.82) is 0 Å². The molecular weight excluding hydrogens is 281 g/mol. The van der Waals surface area contributed by atoms with E-state index in [0.29, 0.717) is 19.4 Å². The van der Waals surface area contributed by atoms with Gasteiger partial charge in [0.05, 0.1) is 5.92 Å².